The maximum atomic E-state index is 11.9. The quantitative estimate of drug-likeness (QED) is 0.753. The van der Waals surface area contributed by atoms with Crippen molar-refractivity contribution in [3.05, 3.63) is 51.7 Å². The Morgan fingerprint density at radius 1 is 1.16 bits per heavy atom. The van der Waals surface area contributed by atoms with Gasteiger partial charge in [0.2, 0.25) is 5.78 Å². The van der Waals surface area contributed by atoms with Gasteiger partial charge < -0.3 is 4.74 Å². The molecule has 2 nitrogen and oxygen atoms in total. The monoisotopic (exact) mass is 274 g/mol. The number of hydrogen-bond acceptors (Lipinski definition) is 3. The van der Waals surface area contributed by atoms with Gasteiger partial charge in [-0.05, 0) is 42.7 Å². The summed E-state index contributed by atoms with van der Waals surface area (Å²) in [4.78, 5) is 13.8. The zero-order valence-electron chi connectivity index (χ0n) is 11.5. The second kappa shape index (κ2) is 6.02. The van der Waals surface area contributed by atoms with Crippen molar-refractivity contribution in [2.75, 3.05) is 6.61 Å². The van der Waals surface area contributed by atoms with Crippen LogP contribution in [0.3, 0.4) is 0 Å². The standard InChI is InChI=1S/C16H18O2S/c1-11(2)13-5-7-14(8-6-13)18-10-15(17)16-9-4-12(3)19-16/h4-9,11H,10H2,1-3H3. The molecule has 0 aliphatic heterocycles. The van der Waals surface area contributed by atoms with Crippen molar-refractivity contribution in [1.29, 1.82) is 0 Å². The summed E-state index contributed by atoms with van der Waals surface area (Å²) in [5, 5.41) is 0. The minimum absolute atomic E-state index is 0.0334. The summed E-state index contributed by atoms with van der Waals surface area (Å²) >= 11 is 1.51. The summed E-state index contributed by atoms with van der Waals surface area (Å²) in [6.07, 6.45) is 0. The van der Waals surface area contributed by atoms with E-state index in [1.807, 2.05) is 43.3 Å². The van der Waals surface area contributed by atoms with E-state index >= 15 is 0 Å². The van der Waals surface area contributed by atoms with Crippen LogP contribution in [-0.4, -0.2) is 12.4 Å². The van der Waals surface area contributed by atoms with Crippen molar-refractivity contribution in [3.63, 3.8) is 0 Å². The second-order valence-electron chi connectivity index (χ2n) is 4.85. The van der Waals surface area contributed by atoms with E-state index in [9.17, 15) is 4.79 Å². The lowest BCUT2D eigenvalue weighted by Crippen LogP contribution is -2.10. The Hall–Kier alpha value is -1.61. The highest BCUT2D eigenvalue weighted by Crippen LogP contribution is 2.20. The van der Waals surface area contributed by atoms with E-state index in [4.69, 9.17) is 4.74 Å². The van der Waals surface area contributed by atoms with Crippen molar-refractivity contribution in [2.45, 2.75) is 26.7 Å². The highest BCUT2D eigenvalue weighted by atomic mass is 32.1. The minimum Gasteiger partial charge on any atom is -0.485 e. The number of aryl methyl sites for hydroxylation is 1. The van der Waals surface area contributed by atoms with Gasteiger partial charge >= 0.3 is 0 Å². The second-order valence-corrected chi connectivity index (χ2v) is 6.13. The number of carbonyl (C=O) groups is 1. The van der Waals surface area contributed by atoms with E-state index in [0.717, 1.165) is 15.5 Å². The van der Waals surface area contributed by atoms with E-state index in [1.165, 1.54) is 16.9 Å². The van der Waals surface area contributed by atoms with Gasteiger partial charge in [0, 0.05) is 4.88 Å². The minimum atomic E-state index is 0.0334. The third-order valence-electron chi connectivity index (χ3n) is 2.93. The van der Waals surface area contributed by atoms with Gasteiger partial charge in [-0.2, -0.15) is 0 Å². The molecule has 0 spiro atoms. The van der Waals surface area contributed by atoms with Crippen LogP contribution in [0.25, 0.3) is 0 Å². The fraction of sp³-hybridized carbons (Fsp3) is 0.312. The third kappa shape index (κ3) is 3.67. The van der Waals surface area contributed by atoms with Crippen molar-refractivity contribution >= 4 is 17.1 Å². The first-order chi connectivity index (χ1) is 9.06. The molecule has 1 heterocycles. The van der Waals surface area contributed by atoms with Gasteiger partial charge in [-0.1, -0.05) is 26.0 Å². The Morgan fingerprint density at radius 2 is 1.84 bits per heavy atom. The van der Waals surface area contributed by atoms with E-state index in [-0.39, 0.29) is 12.4 Å². The van der Waals surface area contributed by atoms with Crippen molar-refractivity contribution in [1.82, 2.24) is 0 Å². The first-order valence-corrected chi connectivity index (χ1v) is 7.20. The molecular weight excluding hydrogens is 256 g/mol. The van der Waals surface area contributed by atoms with Gasteiger partial charge in [-0.15, -0.1) is 11.3 Å². The number of Topliss-reactive ketones (excluding diaryl/α,β-unsaturated/α-hetero) is 1. The Kier molecular flexibility index (Phi) is 4.38. The predicted octanol–water partition coefficient (Wildman–Crippen LogP) is 4.44. The van der Waals surface area contributed by atoms with Crippen molar-refractivity contribution in [3.8, 4) is 5.75 Å². The van der Waals surface area contributed by atoms with E-state index in [2.05, 4.69) is 13.8 Å². The molecule has 0 radical (unpaired) electrons. The molecule has 0 aliphatic carbocycles. The first kappa shape index (κ1) is 13.8. The zero-order chi connectivity index (χ0) is 13.8. The van der Waals surface area contributed by atoms with Crippen LogP contribution in [0, 0.1) is 6.92 Å². The van der Waals surface area contributed by atoms with Crippen LogP contribution in [-0.2, 0) is 0 Å². The van der Waals surface area contributed by atoms with Crippen LogP contribution in [0.2, 0.25) is 0 Å². The summed E-state index contributed by atoms with van der Waals surface area (Å²) in [6, 6.07) is 11.7. The lowest BCUT2D eigenvalue weighted by molar-refractivity contribution is 0.0925. The zero-order valence-corrected chi connectivity index (χ0v) is 12.3. The fourth-order valence-electron chi connectivity index (χ4n) is 1.75. The number of benzene rings is 1. The Balaban J connectivity index is 1.93. The molecule has 0 atom stereocenters. The Labute approximate surface area is 118 Å². The fourth-order valence-corrected chi connectivity index (χ4v) is 2.55. The number of carbonyl (C=O) groups excluding carboxylic acids is 1. The third-order valence-corrected chi connectivity index (χ3v) is 3.97. The smallest absolute Gasteiger partial charge is 0.210 e. The summed E-state index contributed by atoms with van der Waals surface area (Å²) in [7, 11) is 0. The molecule has 19 heavy (non-hydrogen) atoms. The van der Waals surface area contributed by atoms with Crippen molar-refractivity contribution < 1.29 is 9.53 Å². The van der Waals surface area contributed by atoms with Gasteiger partial charge in [-0.3, -0.25) is 4.79 Å². The van der Waals surface area contributed by atoms with Crippen LogP contribution in [0.1, 0.15) is 39.9 Å². The predicted molar refractivity (Wildman–Crippen MR) is 79.4 cm³/mol. The van der Waals surface area contributed by atoms with Gasteiger partial charge in [-0.25, -0.2) is 0 Å². The number of hydrogen-bond donors (Lipinski definition) is 0. The lowest BCUT2D eigenvalue weighted by atomic mass is 10.0. The molecule has 0 N–H and O–H groups in total. The molecule has 0 saturated carbocycles. The number of ketones is 1. The van der Waals surface area contributed by atoms with Gasteiger partial charge in [0.25, 0.3) is 0 Å². The molecule has 2 rings (SSSR count). The summed E-state index contributed by atoms with van der Waals surface area (Å²) < 4.78 is 5.52. The molecule has 2 aromatic rings. The van der Waals surface area contributed by atoms with Gasteiger partial charge in [0.15, 0.2) is 6.61 Å². The van der Waals surface area contributed by atoms with Crippen LogP contribution < -0.4 is 4.74 Å². The highest BCUT2D eigenvalue weighted by molar-refractivity contribution is 7.14. The molecule has 100 valence electrons. The van der Waals surface area contributed by atoms with Crippen LogP contribution in [0.15, 0.2) is 36.4 Å². The molecule has 0 bridgehead atoms. The van der Waals surface area contributed by atoms with Crippen molar-refractivity contribution in [2.24, 2.45) is 0 Å². The molecular formula is C16H18O2S. The normalized spacial score (nSPS) is 10.7. The number of ether oxygens (including phenoxy) is 1. The molecule has 0 saturated heterocycles. The van der Waals surface area contributed by atoms with Gasteiger partial charge in [0.1, 0.15) is 5.75 Å². The SMILES string of the molecule is Cc1ccc(C(=O)COc2ccc(C(C)C)cc2)s1. The van der Waals surface area contributed by atoms with E-state index in [1.54, 1.807) is 0 Å². The molecule has 3 heteroatoms. The molecule has 0 fully saturated rings. The average molecular weight is 274 g/mol. The Morgan fingerprint density at radius 3 is 2.37 bits per heavy atom. The van der Waals surface area contributed by atoms with E-state index in [0.29, 0.717) is 5.92 Å². The Bertz CT molecular complexity index is 552. The summed E-state index contributed by atoms with van der Waals surface area (Å²) in [5.74, 6) is 1.28. The molecule has 1 aromatic carbocycles. The lowest BCUT2D eigenvalue weighted by Gasteiger charge is -2.08. The first-order valence-electron chi connectivity index (χ1n) is 6.38. The topological polar surface area (TPSA) is 26.3 Å². The number of thiophene rings is 1. The van der Waals surface area contributed by atoms with Crippen LogP contribution in [0.4, 0.5) is 0 Å². The summed E-state index contributed by atoms with van der Waals surface area (Å²) in [5.41, 5.74) is 1.27. The molecule has 1 aromatic heterocycles. The molecule has 0 amide bonds. The highest BCUT2D eigenvalue weighted by Gasteiger charge is 2.09. The van der Waals surface area contributed by atoms with E-state index < -0.39 is 0 Å². The molecule has 0 aliphatic rings. The maximum absolute atomic E-state index is 11.9. The maximum Gasteiger partial charge on any atom is 0.210 e. The average Bonchev–Trinajstić information content (AvgIpc) is 2.83. The van der Waals surface area contributed by atoms with Crippen LogP contribution in [0.5, 0.6) is 5.75 Å². The van der Waals surface area contributed by atoms with Crippen LogP contribution >= 0.6 is 11.3 Å². The largest absolute Gasteiger partial charge is 0.485 e. The summed E-state index contributed by atoms with van der Waals surface area (Å²) in [6.45, 7) is 6.39. The number of rotatable bonds is 5. The molecule has 0 unspecified atom stereocenters. The van der Waals surface area contributed by atoms with Gasteiger partial charge in [0.05, 0.1) is 4.88 Å².